The molecule has 0 aliphatic carbocycles. The third kappa shape index (κ3) is 1.69. The topological polar surface area (TPSA) is 50.8 Å². The lowest BCUT2D eigenvalue weighted by Crippen LogP contribution is -2.26. The molecule has 0 saturated heterocycles. The summed E-state index contributed by atoms with van der Waals surface area (Å²) in [6, 6.07) is 19.6. The van der Waals surface area contributed by atoms with Gasteiger partial charge in [0, 0.05) is 0 Å². The molecule has 0 saturated carbocycles. The quantitative estimate of drug-likeness (QED) is 0.728. The van der Waals surface area contributed by atoms with E-state index in [1.165, 1.54) is 0 Å². The molecule has 1 aliphatic rings. The highest BCUT2D eigenvalue weighted by Gasteiger charge is 2.32. The molecule has 3 heteroatoms. The van der Waals surface area contributed by atoms with Crippen molar-refractivity contribution in [2.45, 2.75) is 12.1 Å². The van der Waals surface area contributed by atoms with E-state index in [2.05, 4.69) is 12.1 Å². The molecule has 0 fully saturated rings. The van der Waals surface area contributed by atoms with Gasteiger partial charge < -0.3 is 0 Å². The number of fused-ring (bicyclic) bond motifs is 3. The zero-order chi connectivity index (χ0) is 14.1. The lowest BCUT2D eigenvalue weighted by Gasteiger charge is -2.25. The van der Waals surface area contributed by atoms with Crippen molar-refractivity contribution in [3.8, 4) is 23.3 Å². The molecule has 20 heavy (non-hydrogen) atoms. The van der Waals surface area contributed by atoms with Crippen LogP contribution in [0.4, 0.5) is 0 Å². The van der Waals surface area contributed by atoms with Crippen LogP contribution in [0.3, 0.4) is 0 Å². The van der Waals surface area contributed by atoms with Crippen LogP contribution >= 0.6 is 0 Å². The van der Waals surface area contributed by atoms with E-state index in [4.69, 9.17) is 0 Å². The van der Waals surface area contributed by atoms with E-state index in [0.29, 0.717) is 0 Å². The molecule has 3 rings (SSSR count). The van der Waals surface area contributed by atoms with Gasteiger partial charge in [-0.3, -0.25) is 4.90 Å². The summed E-state index contributed by atoms with van der Waals surface area (Å²) in [7, 11) is 1.83. The van der Waals surface area contributed by atoms with Crippen molar-refractivity contribution >= 4 is 0 Å². The average Bonchev–Trinajstić information content (AvgIpc) is 2.59. The predicted molar refractivity (Wildman–Crippen MR) is 76.3 cm³/mol. The average molecular weight is 259 g/mol. The molecule has 0 N–H and O–H groups in total. The highest BCUT2D eigenvalue weighted by molar-refractivity contribution is 5.74. The van der Waals surface area contributed by atoms with E-state index in [9.17, 15) is 10.5 Å². The van der Waals surface area contributed by atoms with Crippen LogP contribution in [0.2, 0.25) is 0 Å². The van der Waals surface area contributed by atoms with Gasteiger partial charge in [0.25, 0.3) is 0 Å². The Labute approximate surface area is 118 Å². The Bertz CT molecular complexity index is 673. The standard InChI is InChI=1S/C17H13N3/c1-20-16(10-18)14-8-4-2-6-12(14)13-7-3-5-9-15(13)17(20)11-19/h2-9,16-17H,1H3/t16-,17+. The Hall–Kier alpha value is -2.62. The Morgan fingerprint density at radius 3 is 1.60 bits per heavy atom. The first-order valence-corrected chi connectivity index (χ1v) is 6.47. The third-order valence-electron chi connectivity index (χ3n) is 3.86. The molecule has 1 aliphatic heterocycles. The van der Waals surface area contributed by atoms with Crippen molar-refractivity contribution in [2.24, 2.45) is 0 Å². The van der Waals surface area contributed by atoms with Crippen LogP contribution in [0.5, 0.6) is 0 Å². The third-order valence-corrected chi connectivity index (χ3v) is 3.86. The van der Waals surface area contributed by atoms with E-state index in [1.807, 2.05) is 60.5 Å². The second kappa shape index (κ2) is 4.81. The van der Waals surface area contributed by atoms with Crippen molar-refractivity contribution < 1.29 is 0 Å². The normalized spacial score (nSPS) is 20.9. The summed E-state index contributed by atoms with van der Waals surface area (Å²) in [5.74, 6) is 0. The summed E-state index contributed by atoms with van der Waals surface area (Å²) in [5.41, 5.74) is 4.00. The van der Waals surface area contributed by atoms with E-state index in [0.717, 1.165) is 22.3 Å². The zero-order valence-corrected chi connectivity index (χ0v) is 11.1. The Balaban J connectivity index is 2.37. The van der Waals surface area contributed by atoms with Crippen LogP contribution in [-0.2, 0) is 0 Å². The van der Waals surface area contributed by atoms with Gasteiger partial charge in [-0.15, -0.1) is 0 Å². The molecular formula is C17H13N3. The van der Waals surface area contributed by atoms with Crippen LogP contribution in [0.1, 0.15) is 23.2 Å². The second-order valence-electron chi connectivity index (χ2n) is 4.90. The Morgan fingerprint density at radius 2 is 1.20 bits per heavy atom. The summed E-state index contributed by atoms with van der Waals surface area (Å²) >= 11 is 0. The molecular weight excluding hydrogens is 246 g/mol. The van der Waals surface area contributed by atoms with Crippen molar-refractivity contribution in [3.63, 3.8) is 0 Å². The number of rotatable bonds is 0. The highest BCUT2D eigenvalue weighted by Crippen LogP contribution is 2.42. The van der Waals surface area contributed by atoms with Crippen molar-refractivity contribution in [3.05, 3.63) is 59.7 Å². The first-order valence-electron chi connectivity index (χ1n) is 6.47. The molecule has 0 spiro atoms. The van der Waals surface area contributed by atoms with Gasteiger partial charge in [0.05, 0.1) is 12.1 Å². The van der Waals surface area contributed by atoms with E-state index < -0.39 is 12.1 Å². The van der Waals surface area contributed by atoms with Crippen LogP contribution < -0.4 is 0 Å². The molecule has 96 valence electrons. The number of hydrogen-bond donors (Lipinski definition) is 0. The molecule has 2 aromatic rings. The minimum Gasteiger partial charge on any atom is -0.268 e. The maximum atomic E-state index is 9.52. The van der Waals surface area contributed by atoms with Crippen LogP contribution in [-0.4, -0.2) is 11.9 Å². The van der Waals surface area contributed by atoms with Crippen LogP contribution in [0.25, 0.3) is 11.1 Å². The van der Waals surface area contributed by atoms with Crippen molar-refractivity contribution in [2.75, 3.05) is 7.05 Å². The SMILES string of the molecule is CN1[C@H](C#N)c2ccccc2-c2ccccc2[C@@H]1C#N. The van der Waals surface area contributed by atoms with Gasteiger partial charge in [-0.2, -0.15) is 10.5 Å². The molecule has 2 aromatic carbocycles. The maximum Gasteiger partial charge on any atom is 0.125 e. The predicted octanol–water partition coefficient (Wildman–Crippen LogP) is 3.43. The largest absolute Gasteiger partial charge is 0.268 e. The highest BCUT2D eigenvalue weighted by atomic mass is 15.2. The van der Waals surface area contributed by atoms with Gasteiger partial charge in [0.2, 0.25) is 0 Å². The lowest BCUT2D eigenvalue weighted by atomic mass is 9.93. The molecule has 0 bridgehead atoms. The monoisotopic (exact) mass is 259 g/mol. The van der Waals surface area contributed by atoms with Crippen molar-refractivity contribution in [1.82, 2.24) is 4.90 Å². The molecule has 0 aromatic heterocycles. The minimum atomic E-state index is -0.414. The number of nitrogens with zero attached hydrogens (tertiary/aromatic N) is 3. The fourth-order valence-corrected chi connectivity index (χ4v) is 2.87. The van der Waals surface area contributed by atoms with Crippen molar-refractivity contribution in [1.29, 1.82) is 10.5 Å². The van der Waals surface area contributed by atoms with Gasteiger partial charge in [-0.05, 0) is 29.3 Å². The van der Waals surface area contributed by atoms with Gasteiger partial charge in [0.1, 0.15) is 12.1 Å². The summed E-state index contributed by atoms with van der Waals surface area (Å²) < 4.78 is 0. The molecule has 0 unspecified atom stereocenters. The Morgan fingerprint density at radius 1 is 0.800 bits per heavy atom. The first kappa shape index (κ1) is 12.4. The van der Waals surface area contributed by atoms with Gasteiger partial charge in [-0.1, -0.05) is 48.5 Å². The lowest BCUT2D eigenvalue weighted by molar-refractivity contribution is 0.254. The second-order valence-corrected chi connectivity index (χ2v) is 4.90. The molecule has 1 heterocycles. The van der Waals surface area contributed by atoms with E-state index in [-0.39, 0.29) is 0 Å². The number of nitriles is 2. The molecule has 0 radical (unpaired) electrons. The summed E-state index contributed by atoms with van der Waals surface area (Å²) in [6.45, 7) is 0. The minimum absolute atomic E-state index is 0.414. The summed E-state index contributed by atoms with van der Waals surface area (Å²) in [4.78, 5) is 1.84. The number of benzene rings is 2. The van der Waals surface area contributed by atoms with Gasteiger partial charge >= 0.3 is 0 Å². The van der Waals surface area contributed by atoms with Gasteiger partial charge in [-0.25, -0.2) is 0 Å². The van der Waals surface area contributed by atoms with E-state index >= 15 is 0 Å². The van der Waals surface area contributed by atoms with Crippen LogP contribution in [0.15, 0.2) is 48.5 Å². The van der Waals surface area contributed by atoms with Gasteiger partial charge in [0.15, 0.2) is 0 Å². The molecule has 3 nitrogen and oxygen atoms in total. The van der Waals surface area contributed by atoms with E-state index in [1.54, 1.807) is 0 Å². The molecule has 2 atom stereocenters. The fraction of sp³-hybridized carbons (Fsp3) is 0.176. The zero-order valence-electron chi connectivity index (χ0n) is 11.1. The maximum absolute atomic E-state index is 9.52. The Kier molecular flexibility index (Phi) is 2.99. The summed E-state index contributed by atoms with van der Waals surface area (Å²) in [5, 5.41) is 19.0. The fourth-order valence-electron chi connectivity index (χ4n) is 2.87. The van der Waals surface area contributed by atoms with Crippen LogP contribution in [0, 0.1) is 22.7 Å². The molecule has 0 amide bonds. The summed E-state index contributed by atoms with van der Waals surface area (Å²) in [6.07, 6.45) is 0. The smallest absolute Gasteiger partial charge is 0.125 e. The number of hydrogen-bond acceptors (Lipinski definition) is 3. The first-order chi connectivity index (χ1) is 9.77.